The third-order valence-corrected chi connectivity index (χ3v) is 7.01. The molecule has 1 saturated carbocycles. The van der Waals surface area contributed by atoms with E-state index in [9.17, 15) is 0 Å². The molecule has 40 heavy (non-hydrogen) atoms. The van der Waals surface area contributed by atoms with E-state index in [0.29, 0.717) is 45.4 Å². The van der Waals surface area contributed by atoms with E-state index < -0.39 is 0 Å². The fourth-order valence-electron chi connectivity index (χ4n) is 4.94. The molecular formula is C31H34N6O3. The van der Waals surface area contributed by atoms with E-state index in [1.807, 2.05) is 37.5 Å². The molecule has 1 aliphatic carbocycles. The zero-order valence-electron chi connectivity index (χ0n) is 22.8. The van der Waals surface area contributed by atoms with Crippen molar-refractivity contribution in [2.75, 3.05) is 31.7 Å². The van der Waals surface area contributed by atoms with Gasteiger partial charge in [-0.2, -0.15) is 5.10 Å². The predicted octanol–water partition coefficient (Wildman–Crippen LogP) is 5.48. The molecule has 5 aromatic rings. The molecule has 9 heteroatoms. The summed E-state index contributed by atoms with van der Waals surface area (Å²) in [4.78, 5) is 9.31. The largest absolute Gasteiger partial charge is 0.499 e. The topological polar surface area (TPSA) is 87.7 Å². The lowest BCUT2D eigenvalue weighted by atomic mass is 10.1. The van der Waals surface area contributed by atoms with Crippen LogP contribution in [0.5, 0.6) is 5.75 Å². The molecule has 1 N–H and O–H groups in total. The van der Waals surface area contributed by atoms with Crippen LogP contribution in [-0.4, -0.2) is 50.6 Å². The lowest BCUT2D eigenvalue weighted by Crippen LogP contribution is -2.10. The summed E-state index contributed by atoms with van der Waals surface area (Å²) in [5, 5.41) is 9.96. The predicted molar refractivity (Wildman–Crippen MR) is 155 cm³/mol. The van der Waals surface area contributed by atoms with Crippen LogP contribution in [0.15, 0.2) is 73.8 Å². The molecule has 1 fully saturated rings. The minimum absolute atomic E-state index is 0.459. The van der Waals surface area contributed by atoms with Gasteiger partial charge in [-0.1, -0.05) is 18.7 Å². The maximum atomic E-state index is 5.83. The number of anilines is 1. The van der Waals surface area contributed by atoms with Gasteiger partial charge < -0.3 is 23.9 Å². The highest BCUT2D eigenvalue weighted by Crippen LogP contribution is 2.44. The molecule has 0 spiro atoms. The smallest absolute Gasteiger partial charge is 0.140 e. The van der Waals surface area contributed by atoms with E-state index in [0.717, 1.165) is 39.7 Å². The van der Waals surface area contributed by atoms with Crippen LogP contribution in [0, 0.1) is 6.92 Å². The Balaban J connectivity index is 1.15. The fourth-order valence-corrected chi connectivity index (χ4v) is 4.94. The van der Waals surface area contributed by atoms with Gasteiger partial charge in [0.2, 0.25) is 0 Å². The Morgan fingerprint density at radius 3 is 2.80 bits per heavy atom. The van der Waals surface area contributed by atoms with Gasteiger partial charge in [0.1, 0.15) is 24.6 Å². The van der Waals surface area contributed by atoms with Crippen LogP contribution >= 0.6 is 0 Å². The molecule has 0 saturated heterocycles. The van der Waals surface area contributed by atoms with Crippen molar-refractivity contribution in [1.82, 2.24) is 24.1 Å². The van der Waals surface area contributed by atoms with Gasteiger partial charge in [0.15, 0.2) is 0 Å². The third-order valence-electron chi connectivity index (χ3n) is 7.01. The molecule has 1 aromatic carbocycles. The Morgan fingerprint density at radius 2 is 1.95 bits per heavy atom. The van der Waals surface area contributed by atoms with Crippen LogP contribution in [0.2, 0.25) is 0 Å². The fraction of sp³-hybridized carbons (Fsp3) is 0.323. The number of pyridine rings is 2. The van der Waals surface area contributed by atoms with Gasteiger partial charge >= 0.3 is 0 Å². The maximum absolute atomic E-state index is 5.83. The first kappa shape index (κ1) is 25.9. The molecule has 1 aliphatic rings. The van der Waals surface area contributed by atoms with Crippen molar-refractivity contribution >= 4 is 22.2 Å². The number of aryl methyl sites for hydroxylation is 1. The summed E-state index contributed by atoms with van der Waals surface area (Å²) < 4.78 is 20.5. The summed E-state index contributed by atoms with van der Waals surface area (Å²) in [6.45, 7) is 8.76. The van der Waals surface area contributed by atoms with Gasteiger partial charge in [-0.25, -0.2) is 4.98 Å². The normalized spacial score (nSPS) is 13.1. The van der Waals surface area contributed by atoms with Gasteiger partial charge in [-0.3, -0.25) is 9.67 Å². The van der Waals surface area contributed by atoms with E-state index >= 15 is 0 Å². The Bertz CT molecular complexity index is 1620. The SMILES string of the molecule is C=COCCOCCOc1ccn2c(CNc3cccc4c3c(C3CC3)nn4Cc3cccc(C)n3)cnc2c1. The number of ether oxygens (including phenoxy) is 3. The van der Waals surface area contributed by atoms with E-state index in [2.05, 4.69) is 56.3 Å². The number of hydrogen-bond donors (Lipinski definition) is 1. The van der Waals surface area contributed by atoms with Crippen LogP contribution < -0.4 is 10.1 Å². The van der Waals surface area contributed by atoms with Crippen LogP contribution in [0.4, 0.5) is 5.69 Å². The second-order valence-corrected chi connectivity index (χ2v) is 9.98. The first-order valence-electron chi connectivity index (χ1n) is 13.7. The van der Waals surface area contributed by atoms with Crippen LogP contribution in [0.3, 0.4) is 0 Å². The summed E-state index contributed by atoms with van der Waals surface area (Å²) in [6.07, 6.45) is 7.70. The monoisotopic (exact) mass is 538 g/mol. The molecule has 0 amide bonds. The average molecular weight is 539 g/mol. The summed E-state index contributed by atoms with van der Waals surface area (Å²) in [5.74, 6) is 1.29. The van der Waals surface area contributed by atoms with Gasteiger partial charge in [-0.15, -0.1) is 0 Å². The lowest BCUT2D eigenvalue weighted by Gasteiger charge is -2.10. The second kappa shape index (κ2) is 11.8. The Labute approximate surface area is 233 Å². The number of benzene rings is 1. The molecule has 206 valence electrons. The standard InChI is InChI=1S/C31H34N6O3/c1-3-38-14-15-39-16-17-40-26-12-13-36-25(20-33-29(36)18-26)19-32-27-8-5-9-28-30(27)31(23-10-11-23)35-37(28)21-24-7-4-6-22(2)34-24/h3-9,12-13,18,20,23,32H,1,10-11,14-17,19,21H2,2H3. The number of rotatable bonds is 14. The molecule has 0 atom stereocenters. The summed E-state index contributed by atoms with van der Waals surface area (Å²) in [7, 11) is 0. The van der Waals surface area contributed by atoms with Crippen molar-refractivity contribution in [3.8, 4) is 5.75 Å². The summed E-state index contributed by atoms with van der Waals surface area (Å²) in [5.41, 5.74) is 7.35. The second-order valence-electron chi connectivity index (χ2n) is 9.98. The van der Waals surface area contributed by atoms with Crippen molar-refractivity contribution in [1.29, 1.82) is 0 Å². The van der Waals surface area contributed by atoms with E-state index in [1.165, 1.54) is 30.2 Å². The van der Waals surface area contributed by atoms with E-state index in [4.69, 9.17) is 24.3 Å². The zero-order valence-corrected chi connectivity index (χ0v) is 22.8. The highest BCUT2D eigenvalue weighted by atomic mass is 16.5. The Hall–Kier alpha value is -4.37. The molecule has 0 bridgehead atoms. The molecule has 4 aromatic heterocycles. The maximum Gasteiger partial charge on any atom is 0.140 e. The lowest BCUT2D eigenvalue weighted by molar-refractivity contribution is 0.0654. The molecule has 0 radical (unpaired) electrons. The molecule has 0 unspecified atom stereocenters. The van der Waals surface area contributed by atoms with Crippen LogP contribution in [-0.2, 0) is 22.6 Å². The van der Waals surface area contributed by atoms with Gasteiger partial charge in [0.25, 0.3) is 0 Å². The first-order valence-corrected chi connectivity index (χ1v) is 13.7. The van der Waals surface area contributed by atoms with E-state index in [1.54, 1.807) is 0 Å². The van der Waals surface area contributed by atoms with Crippen molar-refractivity contribution in [2.24, 2.45) is 0 Å². The molecular weight excluding hydrogens is 504 g/mol. The number of nitrogens with zero attached hydrogens (tertiary/aromatic N) is 5. The Kier molecular flexibility index (Phi) is 7.63. The van der Waals surface area contributed by atoms with Gasteiger partial charge in [-0.05, 0) is 50.1 Å². The number of nitrogens with one attached hydrogen (secondary N) is 1. The number of imidazole rings is 1. The zero-order chi connectivity index (χ0) is 27.3. The number of aromatic nitrogens is 5. The first-order chi connectivity index (χ1) is 19.7. The minimum atomic E-state index is 0.459. The highest BCUT2D eigenvalue weighted by molar-refractivity contribution is 5.94. The minimum Gasteiger partial charge on any atom is -0.499 e. The van der Waals surface area contributed by atoms with E-state index in [-0.39, 0.29) is 0 Å². The molecule has 9 nitrogen and oxygen atoms in total. The van der Waals surface area contributed by atoms with Crippen LogP contribution in [0.25, 0.3) is 16.6 Å². The molecule has 4 heterocycles. The Morgan fingerprint density at radius 1 is 1.07 bits per heavy atom. The molecule has 6 rings (SSSR count). The number of hydrogen-bond acceptors (Lipinski definition) is 7. The highest BCUT2D eigenvalue weighted by Gasteiger charge is 2.30. The van der Waals surface area contributed by atoms with Gasteiger partial charge in [0, 0.05) is 34.9 Å². The average Bonchev–Trinajstić information content (AvgIpc) is 3.63. The van der Waals surface area contributed by atoms with Crippen molar-refractivity contribution in [3.63, 3.8) is 0 Å². The van der Waals surface area contributed by atoms with Crippen molar-refractivity contribution < 1.29 is 14.2 Å². The summed E-state index contributed by atoms with van der Waals surface area (Å²) >= 11 is 0. The quantitative estimate of drug-likeness (QED) is 0.148. The van der Waals surface area contributed by atoms with Crippen molar-refractivity contribution in [3.05, 3.63) is 96.5 Å². The summed E-state index contributed by atoms with van der Waals surface area (Å²) in [6, 6.07) is 16.4. The number of fused-ring (bicyclic) bond motifs is 2. The van der Waals surface area contributed by atoms with Crippen LogP contribution in [0.1, 0.15) is 41.5 Å². The van der Waals surface area contributed by atoms with Gasteiger partial charge in [0.05, 0.1) is 61.4 Å². The van der Waals surface area contributed by atoms with Crippen molar-refractivity contribution in [2.45, 2.75) is 38.8 Å². The molecule has 0 aliphatic heterocycles. The third kappa shape index (κ3) is 5.79.